The summed E-state index contributed by atoms with van der Waals surface area (Å²) < 4.78 is 11.7. The van der Waals surface area contributed by atoms with Gasteiger partial charge in [0.15, 0.2) is 0 Å². The maximum Gasteiger partial charge on any atom is 0.305 e. The summed E-state index contributed by atoms with van der Waals surface area (Å²) in [6.07, 6.45) is 58.2. The standard InChI is InChI=1S/C58H115NO4/c1-5-9-13-17-21-23-31-39-47-55(45-37-29-19-15-11-7-3)53-62-57(60)49-41-33-25-27-35-43-51-59-52-44-36-28-26-34-42-50-58(61)63-54-56(46-38-30-20-16-12-8-4)48-40-32-24-22-18-14-10-6-2/h55-56,59H,5-54H2,1-4H3. The number of unbranched alkanes of at least 4 members (excludes halogenated alkanes) is 34. The van der Waals surface area contributed by atoms with E-state index in [9.17, 15) is 9.59 Å². The van der Waals surface area contributed by atoms with E-state index in [-0.39, 0.29) is 11.9 Å². The Kier molecular flexibility index (Phi) is 52.6. The highest BCUT2D eigenvalue weighted by Crippen LogP contribution is 2.22. The van der Waals surface area contributed by atoms with Gasteiger partial charge in [-0.1, -0.05) is 259 Å². The number of esters is 2. The third-order valence-corrected chi connectivity index (χ3v) is 13.8. The number of hydrogen-bond donors (Lipinski definition) is 1. The van der Waals surface area contributed by atoms with Crippen molar-refractivity contribution < 1.29 is 19.1 Å². The normalized spacial score (nSPS) is 12.5. The minimum Gasteiger partial charge on any atom is -0.465 e. The molecule has 5 heteroatoms. The fraction of sp³-hybridized carbons (Fsp3) is 0.966. The van der Waals surface area contributed by atoms with Gasteiger partial charge >= 0.3 is 11.9 Å². The molecule has 2 unspecified atom stereocenters. The van der Waals surface area contributed by atoms with Crippen LogP contribution in [0.15, 0.2) is 0 Å². The van der Waals surface area contributed by atoms with E-state index in [1.807, 2.05) is 0 Å². The molecular formula is C58H115NO4. The van der Waals surface area contributed by atoms with Crippen molar-refractivity contribution in [2.24, 2.45) is 11.8 Å². The Labute approximate surface area is 396 Å². The molecule has 0 amide bonds. The Morgan fingerprint density at radius 2 is 0.524 bits per heavy atom. The molecule has 376 valence electrons. The predicted octanol–water partition coefficient (Wildman–Crippen LogP) is 18.9. The average molecular weight is 891 g/mol. The van der Waals surface area contributed by atoms with Crippen LogP contribution in [0.25, 0.3) is 0 Å². The lowest BCUT2D eigenvalue weighted by Crippen LogP contribution is -2.16. The molecule has 0 rings (SSSR count). The molecule has 0 aliphatic rings. The minimum atomic E-state index is 0.0321. The smallest absolute Gasteiger partial charge is 0.305 e. The van der Waals surface area contributed by atoms with Crippen LogP contribution in [0, 0.1) is 11.8 Å². The number of ether oxygens (including phenoxy) is 2. The largest absolute Gasteiger partial charge is 0.465 e. The summed E-state index contributed by atoms with van der Waals surface area (Å²) in [5, 5.41) is 3.65. The summed E-state index contributed by atoms with van der Waals surface area (Å²) in [7, 11) is 0. The number of carbonyl (C=O) groups is 2. The van der Waals surface area contributed by atoms with E-state index in [0.717, 1.165) is 38.8 Å². The number of hydrogen-bond acceptors (Lipinski definition) is 5. The van der Waals surface area contributed by atoms with Crippen LogP contribution in [-0.2, 0) is 19.1 Å². The summed E-state index contributed by atoms with van der Waals surface area (Å²) in [6, 6.07) is 0. The Morgan fingerprint density at radius 3 is 0.794 bits per heavy atom. The van der Waals surface area contributed by atoms with Gasteiger partial charge in [0.25, 0.3) is 0 Å². The molecule has 0 spiro atoms. The van der Waals surface area contributed by atoms with Crippen LogP contribution in [0.5, 0.6) is 0 Å². The molecular weight excluding hydrogens is 775 g/mol. The number of rotatable bonds is 54. The van der Waals surface area contributed by atoms with Gasteiger partial charge in [0.1, 0.15) is 0 Å². The molecule has 0 fully saturated rings. The van der Waals surface area contributed by atoms with Crippen LogP contribution in [0.4, 0.5) is 0 Å². The third-order valence-electron chi connectivity index (χ3n) is 13.8. The van der Waals surface area contributed by atoms with Gasteiger partial charge in [0, 0.05) is 12.8 Å². The maximum absolute atomic E-state index is 12.6. The van der Waals surface area contributed by atoms with Crippen LogP contribution in [0.1, 0.15) is 323 Å². The predicted molar refractivity (Wildman–Crippen MR) is 277 cm³/mol. The lowest BCUT2D eigenvalue weighted by Gasteiger charge is -2.17. The molecule has 0 saturated heterocycles. The van der Waals surface area contributed by atoms with E-state index < -0.39 is 0 Å². The summed E-state index contributed by atoms with van der Waals surface area (Å²) >= 11 is 0. The fourth-order valence-corrected chi connectivity index (χ4v) is 9.33. The quantitative estimate of drug-likeness (QED) is 0.0487. The van der Waals surface area contributed by atoms with Crippen molar-refractivity contribution in [3.05, 3.63) is 0 Å². The van der Waals surface area contributed by atoms with Crippen LogP contribution < -0.4 is 5.32 Å². The highest BCUT2D eigenvalue weighted by atomic mass is 16.5. The second-order valence-corrected chi connectivity index (χ2v) is 20.2. The molecule has 2 atom stereocenters. The summed E-state index contributed by atoms with van der Waals surface area (Å²) in [6.45, 7) is 12.7. The van der Waals surface area contributed by atoms with Crippen LogP contribution in [-0.4, -0.2) is 38.2 Å². The Balaban J connectivity index is 3.86. The molecule has 0 saturated carbocycles. The summed E-state index contributed by atoms with van der Waals surface area (Å²) in [5.41, 5.74) is 0. The van der Waals surface area contributed by atoms with Crippen molar-refractivity contribution in [1.29, 1.82) is 0 Å². The molecule has 0 aromatic heterocycles. The highest BCUT2D eigenvalue weighted by molar-refractivity contribution is 5.69. The first kappa shape index (κ1) is 61.9. The van der Waals surface area contributed by atoms with Gasteiger partial charge in [0.2, 0.25) is 0 Å². The Hall–Kier alpha value is -1.10. The molecule has 0 aliphatic heterocycles. The molecule has 0 aromatic rings. The average Bonchev–Trinajstić information content (AvgIpc) is 3.29. The first-order valence-corrected chi connectivity index (χ1v) is 29.1. The Morgan fingerprint density at radius 1 is 0.302 bits per heavy atom. The molecule has 0 bridgehead atoms. The second-order valence-electron chi connectivity index (χ2n) is 20.2. The van der Waals surface area contributed by atoms with E-state index in [0.29, 0.717) is 37.9 Å². The topological polar surface area (TPSA) is 64.6 Å². The molecule has 63 heavy (non-hydrogen) atoms. The molecule has 0 heterocycles. The van der Waals surface area contributed by atoms with Gasteiger partial charge in [-0.3, -0.25) is 9.59 Å². The van der Waals surface area contributed by atoms with Crippen LogP contribution in [0.2, 0.25) is 0 Å². The molecule has 0 aliphatic carbocycles. The van der Waals surface area contributed by atoms with Crippen LogP contribution in [0.3, 0.4) is 0 Å². The van der Waals surface area contributed by atoms with Gasteiger partial charge in [-0.25, -0.2) is 0 Å². The highest BCUT2D eigenvalue weighted by Gasteiger charge is 2.14. The fourth-order valence-electron chi connectivity index (χ4n) is 9.33. The summed E-state index contributed by atoms with van der Waals surface area (Å²) in [5.74, 6) is 1.17. The first-order valence-electron chi connectivity index (χ1n) is 29.1. The van der Waals surface area contributed by atoms with Crippen molar-refractivity contribution >= 4 is 11.9 Å². The van der Waals surface area contributed by atoms with E-state index >= 15 is 0 Å². The zero-order chi connectivity index (χ0) is 45.8. The van der Waals surface area contributed by atoms with Crippen molar-refractivity contribution in [2.45, 2.75) is 323 Å². The van der Waals surface area contributed by atoms with Crippen molar-refractivity contribution in [1.82, 2.24) is 5.32 Å². The first-order chi connectivity index (χ1) is 31.1. The third kappa shape index (κ3) is 50.2. The van der Waals surface area contributed by atoms with Gasteiger partial charge in [-0.2, -0.15) is 0 Å². The Bertz CT molecular complexity index is 824. The van der Waals surface area contributed by atoms with E-state index in [1.54, 1.807) is 0 Å². The van der Waals surface area contributed by atoms with Gasteiger partial charge < -0.3 is 14.8 Å². The van der Waals surface area contributed by atoms with Crippen LogP contribution >= 0.6 is 0 Å². The van der Waals surface area contributed by atoms with E-state index in [2.05, 4.69) is 33.0 Å². The SMILES string of the molecule is CCCCCCCCCCC(CCCCCCCC)COC(=O)CCCCCCCCNCCCCCCCCC(=O)OCC(CCCCCCCC)CCCCCCCCCC. The molecule has 1 N–H and O–H groups in total. The second kappa shape index (κ2) is 53.5. The zero-order valence-electron chi connectivity index (χ0n) is 43.6. The van der Waals surface area contributed by atoms with Gasteiger partial charge in [-0.15, -0.1) is 0 Å². The lowest BCUT2D eigenvalue weighted by atomic mass is 9.94. The van der Waals surface area contributed by atoms with E-state index in [4.69, 9.17) is 9.47 Å². The van der Waals surface area contributed by atoms with Crippen molar-refractivity contribution in [3.63, 3.8) is 0 Å². The van der Waals surface area contributed by atoms with Crippen molar-refractivity contribution in [3.8, 4) is 0 Å². The number of carbonyl (C=O) groups excluding carboxylic acids is 2. The maximum atomic E-state index is 12.6. The van der Waals surface area contributed by atoms with Gasteiger partial charge in [0.05, 0.1) is 13.2 Å². The summed E-state index contributed by atoms with van der Waals surface area (Å²) in [4.78, 5) is 25.1. The monoisotopic (exact) mass is 890 g/mol. The van der Waals surface area contributed by atoms with E-state index in [1.165, 1.54) is 257 Å². The zero-order valence-corrected chi connectivity index (χ0v) is 43.6. The number of nitrogens with one attached hydrogen (secondary N) is 1. The van der Waals surface area contributed by atoms with Crippen molar-refractivity contribution in [2.75, 3.05) is 26.3 Å². The molecule has 0 aromatic carbocycles. The molecule has 0 radical (unpaired) electrons. The molecule has 5 nitrogen and oxygen atoms in total. The minimum absolute atomic E-state index is 0.0321. The van der Waals surface area contributed by atoms with Gasteiger partial charge in [-0.05, 0) is 76.3 Å². The lowest BCUT2D eigenvalue weighted by molar-refractivity contribution is -0.146.